The lowest BCUT2D eigenvalue weighted by Crippen LogP contribution is -2.12. The fourth-order valence-corrected chi connectivity index (χ4v) is 3.97. The van der Waals surface area contributed by atoms with Crippen LogP contribution in [0.15, 0.2) is 57.6 Å². The quantitative estimate of drug-likeness (QED) is 0.581. The largest absolute Gasteiger partial charge is 0.506 e. The molecule has 0 saturated carbocycles. The highest BCUT2D eigenvalue weighted by Gasteiger charge is 2.33. The maximum Gasteiger partial charge on any atom is 0.344 e. The molecule has 1 heterocycles. The van der Waals surface area contributed by atoms with E-state index in [4.69, 9.17) is 18.9 Å². The number of methoxy groups -OCH3 is 3. The Hall–Kier alpha value is -3.59. The Labute approximate surface area is 189 Å². The van der Waals surface area contributed by atoms with Crippen LogP contribution < -0.4 is 14.2 Å². The van der Waals surface area contributed by atoms with E-state index in [9.17, 15) is 15.0 Å². The van der Waals surface area contributed by atoms with Gasteiger partial charge in [0.1, 0.15) is 16.4 Å². The Morgan fingerprint density at radius 3 is 2.38 bits per heavy atom. The molecule has 0 radical (unpaired) electrons. The number of benzene rings is 2. The van der Waals surface area contributed by atoms with E-state index < -0.39 is 5.97 Å². The number of hydrogen-bond donors (Lipinski definition) is 2. The number of thioether (sulfide) groups is 1. The highest BCUT2D eigenvalue weighted by atomic mass is 32.2. The second kappa shape index (κ2) is 10.1. The second-order valence-electron chi connectivity index (χ2n) is 6.44. The van der Waals surface area contributed by atoms with Crippen LogP contribution in [0.1, 0.15) is 12.5 Å². The van der Waals surface area contributed by atoms with Crippen molar-refractivity contribution in [2.75, 3.05) is 27.9 Å². The molecular weight excluding hydrogens is 434 g/mol. The first-order chi connectivity index (χ1) is 15.4. The van der Waals surface area contributed by atoms with Crippen LogP contribution in [-0.2, 0) is 9.53 Å². The Morgan fingerprint density at radius 1 is 1.00 bits per heavy atom. The lowest BCUT2D eigenvalue weighted by molar-refractivity contribution is -0.138. The Morgan fingerprint density at radius 2 is 1.72 bits per heavy atom. The molecule has 0 aromatic heterocycles. The maximum absolute atomic E-state index is 12.6. The van der Waals surface area contributed by atoms with E-state index in [1.165, 1.54) is 27.4 Å². The summed E-state index contributed by atoms with van der Waals surface area (Å²) in [6.45, 7) is 1.83. The first-order valence-electron chi connectivity index (χ1n) is 9.60. The fraction of sp³-hybridized carbons (Fsp3) is 0.217. The standard InChI is InChI=1S/C23H23NO7S/c1-5-31-23(27)20-21(26)19(11-13-6-8-15(25)17(10-13)29-3)32-22(20)24-14-7-9-16(28-2)18(12-14)30-4/h6-12,25-26H,5H2,1-4H3. The molecule has 0 atom stereocenters. The highest BCUT2D eigenvalue weighted by Crippen LogP contribution is 2.41. The summed E-state index contributed by atoms with van der Waals surface area (Å²) in [6.07, 6.45) is 1.66. The van der Waals surface area contributed by atoms with Gasteiger partial charge in [0.15, 0.2) is 23.0 Å². The van der Waals surface area contributed by atoms with E-state index >= 15 is 0 Å². The summed E-state index contributed by atoms with van der Waals surface area (Å²) in [7, 11) is 4.49. The van der Waals surface area contributed by atoms with Crippen molar-refractivity contribution in [3.8, 4) is 23.0 Å². The van der Waals surface area contributed by atoms with Gasteiger partial charge in [-0.25, -0.2) is 9.79 Å². The molecule has 0 aliphatic carbocycles. The number of esters is 1. The summed E-state index contributed by atoms with van der Waals surface area (Å²) in [5, 5.41) is 20.9. The summed E-state index contributed by atoms with van der Waals surface area (Å²) in [5.74, 6) is 0.395. The number of aromatic hydroxyl groups is 1. The number of ether oxygens (including phenoxy) is 4. The van der Waals surface area contributed by atoms with Gasteiger partial charge in [-0.2, -0.15) is 0 Å². The van der Waals surface area contributed by atoms with Gasteiger partial charge in [0.2, 0.25) is 0 Å². The van der Waals surface area contributed by atoms with Crippen LogP contribution in [0.25, 0.3) is 6.08 Å². The number of aliphatic hydroxyl groups excluding tert-OH is 1. The van der Waals surface area contributed by atoms with E-state index in [1.807, 2.05) is 0 Å². The molecule has 2 aromatic rings. The van der Waals surface area contributed by atoms with Gasteiger partial charge in [-0.1, -0.05) is 17.8 Å². The first kappa shape index (κ1) is 23.1. The minimum atomic E-state index is -0.677. The van der Waals surface area contributed by atoms with Gasteiger partial charge in [-0.3, -0.25) is 0 Å². The SMILES string of the molecule is CCOC(=O)C1=C(O)C(=Cc2ccc(O)c(OC)c2)SC1=Nc1ccc(OC)c(OC)c1. The van der Waals surface area contributed by atoms with Crippen LogP contribution in [0.5, 0.6) is 23.0 Å². The minimum absolute atomic E-state index is 0.00333. The molecule has 3 rings (SSSR count). The number of carbonyl (C=O) groups is 1. The number of aliphatic imine (C=N–C) groups is 1. The number of rotatable bonds is 7. The molecule has 1 aliphatic heterocycles. The van der Waals surface area contributed by atoms with Gasteiger partial charge >= 0.3 is 5.97 Å². The first-order valence-corrected chi connectivity index (χ1v) is 10.4. The molecule has 168 valence electrons. The molecule has 0 amide bonds. The molecule has 0 saturated heterocycles. The predicted molar refractivity (Wildman–Crippen MR) is 123 cm³/mol. The van der Waals surface area contributed by atoms with Gasteiger partial charge in [-0.15, -0.1) is 0 Å². The van der Waals surface area contributed by atoms with Gasteiger partial charge in [0.05, 0.1) is 38.5 Å². The molecule has 8 nitrogen and oxygen atoms in total. The van der Waals surface area contributed by atoms with Crippen molar-refractivity contribution in [2.24, 2.45) is 4.99 Å². The van der Waals surface area contributed by atoms with E-state index in [0.717, 1.165) is 11.8 Å². The van der Waals surface area contributed by atoms with Crippen LogP contribution in [0.4, 0.5) is 5.69 Å². The molecule has 32 heavy (non-hydrogen) atoms. The molecule has 2 N–H and O–H groups in total. The Kier molecular flexibility index (Phi) is 7.32. The third kappa shape index (κ3) is 4.83. The summed E-state index contributed by atoms with van der Waals surface area (Å²) in [6, 6.07) is 9.83. The smallest absolute Gasteiger partial charge is 0.344 e. The van der Waals surface area contributed by atoms with Crippen molar-refractivity contribution in [3.05, 3.63) is 58.2 Å². The Bertz CT molecular complexity index is 1120. The van der Waals surface area contributed by atoms with E-state index in [1.54, 1.807) is 43.3 Å². The number of aliphatic hydroxyl groups is 1. The predicted octanol–water partition coefficient (Wildman–Crippen LogP) is 4.61. The average Bonchev–Trinajstić information content (AvgIpc) is 3.09. The van der Waals surface area contributed by atoms with Crippen molar-refractivity contribution >= 4 is 34.5 Å². The maximum atomic E-state index is 12.6. The third-order valence-electron chi connectivity index (χ3n) is 4.47. The monoisotopic (exact) mass is 457 g/mol. The lowest BCUT2D eigenvalue weighted by atomic mass is 10.1. The van der Waals surface area contributed by atoms with Crippen molar-refractivity contribution in [3.63, 3.8) is 0 Å². The van der Waals surface area contributed by atoms with E-state index in [0.29, 0.717) is 27.7 Å². The van der Waals surface area contributed by atoms with Gasteiger partial charge in [-0.05, 0) is 42.8 Å². The van der Waals surface area contributed by atoms with Crippen molar-refractivity contribution in [1.29, 1.82) is 0 Å². The lowest BCUT2D eigenvalue weighted by Gasteiger charge is -2.08. The molecule has 0 unspecified atom stereocenters. The number of hydrogen-bond acceptors (Lipinski definition) is 9. The van der Waals surface area contributed by atoms with Crippen LogP contribution in [-0.4, -0.2) is 49.2 Å². The summed E-state index contributed by atoms with van der Waals surface area (Å²) in [4.78, 5) is 17.5. The average molecular weight is 458 g/mol. The molecule has 2 aromatic carbocycles. The van der Waals surface area contributed by atoms with E-state index in [-0.39, 0.29) is 34.5 Å². The van der Waals surface area contributed by atoms with Crippen LogP contribution >= 0.6 is 11.8 Å². The van der Waals surface area contributed by atoms with Crippen molar-refractivity contribution in [1.82, 2.24) is 0 Å². The van der Waals surface area contributed by atoms with Gasteiger partial charge in [0, 0.05) is 6.07 Å². The number of nitrogens with zero attached hydrogens (tertiary/aromatic N) is 1. The summed E-state index contributed by atoms with van der Waals surface area (Å²) >= 11 is 1.12. The van der Waals surface area contributed by atoms with Crippen molar-refractivity contribution < 1.29 is 34.0 Å². The third-order valence-corrected chi connectivity index (χ3v) is 5.49. The number of carbonyl (C=O) groups excluding carboxylic acids is 1. The molecule has 1 aliphatic rings. The van der Waals surface area contributed by atoms with Gasteiger partial charge < -0.3 is 29.2 Å². The van der Waals surface area contributed by atoms with E-state index in [2.05, 4.69) is 4.99 Å². The molecule has 9 heteroatoms. The topological polar surface area (TPSA) is 107 Å². The number of phenols is 1. The molecule has 0 bridgehead atoms. The highest BCUT2D eigenvalue weighted by molar-refractivity contribution is 8.18. The zero-order chi connectivity index (χ0) is 23.3. The molecule has 0 spiro atoms. The van der Waals surface area contributed by atoms with Crippen LogP contribution in [0.3, 0.4) is 0 Å². The fourth-order valence-electron chi connectivity index (χ4n) is 2.94. The Balaban J connectivity index is 2.05. The zero-order valence-corrected chi connectivity index (χ0v) is 18.9. The minimum Gasteiger partial charge on any atom is -0.506 e. The van der Waals surface area contributed by atoms with Gasteiger partial charge in [0.25, 0.3) is 0 Å². The molecular formula is C23H23NO7S. The van der Waals surface area contributed by atoms with Crippen molar-refractivity contribution in [2.45, 2.75) is 6.92 Å². The van der Waals surface area contributed by atoms with Crippen LogP contribution in [0.2, 0.25) is 0 Å². The normalized spacial score (nSPS) is 15.9. The number of phenolic OH excluding ortho intramolecular Hbond substituents is 1. The second-order valence-corrected chi connectivity index (χ2v) is 7.47. The molecule has 0 fully saturated rings. The summed E-state index contributed by atoms with van der Waals surface area (Å²) < 4.78 is 20.8. The summed E-state index contributed by atoms with van der Waals surface area (Å²) in [5.41, 5.74) is 1.14. The zero-order valence-electron chi connectivity index (χ0n) is 18.0. The van der Waals surface area contributed by atoms with Crippen LogP contribution in [0, 0.1) is 0 Å².